The quantitative estimate of drug-likeness (QED) is 0.155. The van der Waals surface area contributed by atoms with Gasteiger partial charge in [0.05, 0.1) is 11.0 Å². The molecule has 0 bridgehead atoms. The predicted molar refractivity (Wildman–Crippen MR) is 282 cm³/mol. The number of aromatic nitrogens is 1. The Balaban J connectivity index is 0.860. The van der Waals surface area contributed by atoms with E-state index in [0.29, 0.717) is 0 Å². The summed E-state index contributed by atoms with van der Waals surface area (Å²) < 4.78 is 5.07. The fourth-order valence-electron chi connectivity index (χ4n) is 10.7. The summed E-state index contributed by atoms with van der Waals surface area (Å²) in [4.78, 5) is 2.41. The molecule has 0 saturated heterocycles. The summed E-state index contributed by atoms with van der Waals surface area (Å²) in [5.41, 5.74) is 19.5. The Morgan fingerprint density at radius 1 is 0.348 bits per heavy atom. The smallest absolute Gasteiger partial charge is 0.0541 e. The van der Waals surface area contributed by atoms with Gasteiger partial charge in [0.15, 0.2) is 0 Å². The predicted octanol–water partition coefficient (Wildman–Crippen LogP) is 17.9. The first-order valence-electron chi connectivity index (χ1n) is 22.8. The summed E-state index contributed by atoms with van der Waals surface area (Å²) in [6, 6.07) is 85.1. The molecular weight excluding hydrogens is 817 g/mol. The highest BCUT2D eigenvalue weighted by molar-refractivity contribution is 7.25. The van der Waals surface area contributed by atoms with Crippen LogP contribution in [0.3, 0.4) is 0 Å². The van der Waals surface area contributed by atoms with Crippen LogP contribution in [0.1, 0.15) is 25.0 Å². The van der Waals surface area contributed by atoms with E-state index in [4.69, 9.17) is 0 Å². The highest BCUT2D eigenvalue weighted by Gasteiger charge is 2.35. The Bertz CT molecular complexity index is 3830. The number of benzene rings is 10. The Hall–Kier alpha value is -7.98. The van der Waals surface area contributed by atoms with Crippen molar-refractivity contribution in [3.63, 3.8) is 0 Å². The van der Waals surface area contributed by atoms with Gasteiger partial charge >= 0.3 is 0 Å². The number of hydrogen-bond donors (Lipinski definition) is 0. The van der Waals surface area contributed by atoms with Gasteiger partial charge in [0.2, 0.25) is 0 Å². The van der Waals surface area contributed by atoms with Gasteiger partial charge in [-0.1, -0.05) is 172 Å². The van der Waals surface area contributed by atoms with Gasteiger partial charge in [0.25, 0.3) is 0 Å². The van der Waals surface area contributed by atoms with E-state index in [9.17, 15) is 0 Å². The van der Waals surface area contributed by atoms with Crippen LogP contribution in [0.25, 0.3) is 92.2 Å². The third kappa shape index (κ3) is 6.15. The molecule has 312 valence electrons. The van der Waals surface area contributed by atoms with Gasteiger partial charge in [0.1, 0.15) is 0 Å². The monoisotopic (exact) mass is 860 g/mol. The second kappa shape index (κ2) is 15.1. The molecule has 0 unspecified atom stereocenters. The minimum atomic E-state index is -0.106. The summed E-state index contributed by atoms with van der Waals surface area (Å²) in [5, 5.41) is 5.16. The van der Waals surface area contributed by atoms with Gasteiger partial charge in [0, 0.05) is 59.1 Å². The highest BCUT2D eigenvalue weighted by atomic mass is 32.1. The van der Waals surface area contributed by atoms with Crippen LogP contribution in [0, 0.1) is 0 Å². The van der Waals surface area contributed by atoms with E-state index in [1.807, 2.05) is 11.3 Å². The molecule has 66 heavy (non-hydrogen) atoms. The number of anilines is 3. The SMILES string of the molecule is CC1(C)c2ccccc2-c2ccc(N(c3ccc(-c4ccccc4)cc3)c3cccc(-c4ccc(-c5ccc6c(c5)c5ccccc5n6-c5ccc6c(c5)sc5ccccc56)cc4)c3)cc21. The molecular formula is C63H44N2S. The average Bonchev–Trinajstić information content (AvgIpc) is 3.99. The lowest BCUT2D eigenvalue weighted by Gasteiger charge is -2.28. The van der Waals surface area contributed by atoms with E-state index in [-0.39, 0.29) is 5.41 Å². The maximum atomic E-state index is 2.43. The number of thiophene rings is 1. The molecule has 3 heteroatoms. The third-order valence-corrected chi connectivity index (χ3v) is 15.1. The van der Waals surface area contributed by atoms with E-state index in [1.165, 1.54) is 103 Å². The first-order chi connectivity index (χ1) is 32.5. The normalized spacial score (nSPS) is 12.8. The molecule has 0 saturated carbocycles. The zero-order chi connectivity index (χ0) is 43.9. The number of rotatable bonds is 7. The molecule has 10 aromatic carbocycles. The second-order valence-corrected chi connectivity index (χ2v) is 19.2. The van der Waals surface area contributed by atoms with Crippen LogP contribution in [0.4, 0.5) is 17.1 Å². The zero-order valence-electron chi connectivity index (χ0n) is 36.7. The Kier molecular flexibility index (Phi) is 8.78. The van der Waals surface area contributed by atoms with Crippen molar-refractivity contribution in [1.82, 2.24) is 4.57 Å². The maximum Gasteiger partial charge on any atom is 0.0541 e. The Labute approximate surface area is 388 Å². The number of nitrogens with zero attached hydrogens (tertiary/aromatic N) is 2. The largest absolute Gasteiger partial charge is 0.310 e. The van der Waals surface area contributed by atoms with Crippen molar-refractivity contribution in [3.05, 3.63) is 242 Å². The number of para-hydroxylation sites is 1. The molecule has 2 nitrogen and oxygen atoms in total. The van der Waals surface area contributed by atoms with Crippen LogP contribution >= 0.6 is 11.3 Å². The minimum Gasteiger partial charge on any atom is -0.310 e. The molecule has 0 N–H and O–H groups in total. The molecule has 12 aromatic rings. The summed E-state index contributed by atoms with van der Waals surface area (Å²) in [5.74, 6) is 0. The molecule has 0 atom stereocenters. The van der Waals surface area contributed by atoms with Crippen LogP contribution in [-0.2, 0) is 5.41 Å². The van der Waals surface area contributed by atoms with E-state index in [2.05, 4.69) is 254 Å². The molecule has 0 aliphatic heterocycles. The number of fused-ring (bicyclic) bond motifs is 9. The summed E-state index contributed by atoms with van der Waals surface area (Å²) in [7, 11) is 0. The van der Waals surface area contributed by atoms with Gasteiger partial charge in [-0.2, -0.15) is 0 Å². The van der Waals surface area contributed by atoms with Crippen LogP contribution in [-0.4, -0.2) is 4.57 Å². The van der Waals surface area contributed by atoms with E-state index >= 15 is 0 Å². The highest BCUT2D eigenvalue weighted by Crippen LogP contribution is 2.51. The van der Waals surface area contributed by atoms with Crippen molar-refractivity contribution >= 4 is 70.4 Å². The van der Waals surface area contributed by atoms with Gasteiger partial charge < -0.3 is 9.47 Å². The van der Waals surface area contributed by atoms with E-state index in [0.717, 1.165) is 17.1 Å². The summed E-state index contributed by atoms with van der Waals surface area (Å²) in [6.07, 6.45) is 0. The van der Waals surface area contributed by atoms with Crippen LogP contribution in [0.15, 0.2) is 231 Å². The lowest BCUT2D eigenvalue weighted by molar-refractivity contribution is 0.660. The summed E-state index contributed by atoms with van der Waals surface area (Å²) in [6.45, 7) is 4.71. The van der Waals surface area contributed by atoms with Crippen LogP contribution in [0.5, 0.6) is 0 Å². The van der Waals surface area contributed by atoms with E-state index < -0.39 is 0 Å². The van der Waals surface area contributed by atoms with Crippen LogP contribution in [0.2, 0.25) is 0 Å². The Morgan fingerprint density at radius 2 is 0.924 bits per heavy atom. The van der Waals surface area contributed by atoms with Crippen molar-refractivity contribution in [3.8, 4) is 50.2 Å². The number of hydrogen-bond acceptors (Lipinski definition) is 2. The first kappa shape index (κ1) is 38.5. The van der Waals surface area contributed by atoms with Gasteiger partial charge in [-0.25, -0.2) is 0 Å². The molecule has 1 aliphatic carbocycles. The zero-order valence-corrected chi connectivity index (χ0v) is 37.6. The van der Waals surface area contributed by atoms with Crippen molar-refractivity contribution in [2.75, 3.05) is 4.90 Å². The molecule has 0 fully saturated rings. The first-order valence-corrected chi connectivity index (χ1v) is 23.6. The topological polar surface area (TPSA) is 8.17 Å². The second-order valence-electron chi connectivity index (χ2n) is 18.1. The third-order valence-electron chi connectivity index (χ3n) is 14.0. The van der Waals surface area contributed by atoms with Crippen molar-refractivity contribution in [1.29, 1.82) is 0 Å². The van der Waals surface area contributed by atoms with Crippen LogP contribution < -0.4 is 4.90 Å². The molecule has 0 amide bonds. The lowest BCUT2D eigenvalue weighted by atomic mass is 9.82. The lowest BCUT2D eigenvalue weighted by Crippen LogP contribution is -2.16. The fraction of sp³-hybridized carbons (Fsp3) is 0.0476. The standard InChI is InChI=1S/C63H44N2S/c1-63(2)57-20-9-6-17-51(57)52-34-32-49(39-58(52)63)64(47-30-27-42(28-31-47)41-13-4-3-5-14-41)48-16-12-15-45(37-48)43-23-25-44(26-24-43)46-29-36-60-56(38-46)53-18-7-10-21-59(53)65(60)50-33-35-55-54-19-8-11-22-61(54)66-62(55)40-50/h3-40H,1-2H3. The summed E-state index contributed by atoms with van der Waals surface area (Å²) >= 11 is 1.87. The van der Waals surface area contributed by atoms with Gasteiger partial charge in [-0.05, 0) is 128 Å². The molecule has 2 aromatic heterocycles. The molecule has 0 spiro atoms. The van der Waals surface area contributed by atoms with Crippen molar-refractivity contribution < 1.29 is 0 Å². The fourth-order valence-corrected chi connectivity index (χ4v) is 11.8. The van der Waals surface area contributed by atoms with Gasteiger partial charge in [-0.15, -0.1) is 11.3 Å². The Morgan fingerprint density at radius 3 is 1.76 bits per heavy atom. The van der Waals surface area contributed by atoms with Crippen molar-refractivity contribution in [2.24, 2.45) is 0 Å². The van der Waals surface area contributed by atoms with E-state index in [1.54, 1.807) is 0 Å². The average molecular weight is 861 g/mol. The molecule has 1 aliphatic rings. The maximum absolute atomic E-state index is 2.43. The van der Waals surface area contributed by atoms with Gasteiger partial charge in [-0.3, -0.25) is 0 Å². The van der Waals surface area contributed by atoms with Crippen molar-refractivity contribution in [2.45, 2.75) is 19.3 Å². The molecule has 0 radical (unpaired) electrons. The molecule has 13 rings (SSSR count). The minimum absolute atomic E-state index is 0.106. The molecule has 2 heterocycles.